The lowest BCUT2D eigenvalue weighted by atomic mass is 10.2. The van der Waals surface area contributed by atoms with Crippen LogP contribution in [0.15, 0.2) is 24.3 Å². The molecule has 2 fully saturated rings. The first kappa shape index (κ1) is 20.4. The fourth-order valence-corrected chi connectivity index (χ4v) is 3.49. The molecule has 2 aliphatic rings. The Kier molecular flexibility index (Phi) is 6.77. The summed E-state index contributed by atoms with van der Waals surface area (Å²) in [6.45, 7) is 7.72. The van der Waals surface area contributed by atoms with Crippen LogP contribution in [-0.2, 0) is 14.3 Å². The van der Waals surface area contributed by atoms with Gasteiger partial charge in [0.25, 0.3) is 5.91 Å². The molecule has 0 bridgehead atoms. The molecule has 0 spiro atoms. The molecule has 2 amide bonds. The topological polar surface area (TPSA) is 82.2 Å². The third-order valence-corrected chi connectivity index (χ3v) is 5.20. The Hall–Kier alpha value is -2.29. The van der Waals surface area contributed by atoms with E-state index in [1.54, 1.807) is 31.2 Å². The van der Waals surface area contributed by atoms with Crippen LogP contribution in [-0.4, -0.2) is 86.5 Å². The zero-order valence-electron chi connectivity index (χ0n) is 16.5. The Morgan fingerprint density at radius 3 is 2.46 bits per heavy atom. The summed E-state index contributed by atoms with van der Waals surface area (Å²) in [5, 5.41) is 3.22. The van der Waals surface area contributed by atoms with Gasteiger partial charge in [-0.3, -0.25) is 14.5 Å². The molecule has 0 saturated carbocycles. The summed E-state index contributed by atoms with van der Waals surface area (Å²) in [5.74, 6) is -0.894. The van der Waals surface area contributed by atoms with Gasteiger partial charge in [0.2, 0.25) is 5.91 Å². The predicted molar refractivity (Wildman–Crippen MR) is 105 cm³/mol. The summed E-state index contributed by atoms with van der Waals surface area (Å²) in [5.41, 5.74) is 0.873. The average molecular weight is 388 g/mol. The number of benzene rings is 1. The van der Waals surface area contributed by atoms with Gasteiger partial charge >= 0.3 is 5.97 Å². The highest BCUT2D eigenvalue weighted by atomic mass is 16.5. The summed E-state index contributed by atoms with van der Waals surface area (Å²) in [4.78, 5) is 42.7. The third-order valence-electron chi connectivity index (χ3n) is 5.20. The number of likely N-dealkylation sites (N-methyl/N-ethyl adjacent to an activating group) is 1. The van der Waals surface area contributed by atoms with Crippen LogP contribution in [0, 0.1) is 0 Å². The Labute approximate surface area is 165 Å². The number of nitrogens with one attached hydrogen (secondary N) is 1. The molecule has 1 atom stereocenters. The van der Waals surface area contributed by atoms with Crippen molar-refractivity contribution in [2.75, 3.05) is 57.8 Å². The first-order valence-electron chi connectivity index (χ1n) is 9.78. The molecule has 1 N–H and O–H groups in total. The number of hydrogen-bond donors (Lipinski definition) is 1. The van der Waals surface area contributed by atoms with E-state index in [4.69, 9.17) is 4.74 Å². The Morgan fingerprint density at radius 1 is 1.14 bits per heavy atom. The molecule has 0 aliphatic carbocycles. The van der Waals surface area contributed by atoms with Crippen molar-refractivity contribution in [2.24, 2.45) is 0 Å². The molecule has 1 aromatic rings. The molecule has 8 nitrogen and oxygen atoms in total. The van der Waals surface area contributed by atoms with E-state index in [0.717, 1.165) is 32.7 Å². The lowest BCUT2D eigenvalue weighted by Gasteiger charge is -2.32. The minimum Gasteiger partial charge on any atom is -0.462 e. The second kappa shape index (κ2) is 9.27. The molecule has 8 heteroatoms. The number of imide groups is 1. The van der Waals surface area contributed by atoms with E-state index in [9.17, 15) is 14.4 Å². The van der Waals surface area contributed by atoms with E-state index < -0.39 is 12.0 Å². The van der Waals surface area contributed by atoms with Crippen molar-refractivity contribution in [1.82, 2.24) is 15.1 Å². The number of nitrogens with zero attached hydrogens (tertiary/aromatic N) is 3. The highest BCUT2D eigenvalue weighted by Gasteiger charge is 2.39. The van der Waals surface area contributed by atoms with Crippen LogP contribution in [0.25, 0.3) is 0 Å². The van der Waals surface area contributed by atoms with Crippen molar-refractivity contribution in [3.8, 4) is 0 Å². The number of rotatable bonds is 7. The molecular formula is C20H28N4O4. The highest BCUT2D eigenvalue weighted by Crippen LogP contribution is 2.23. The van der Waals surface area contributed by atoms with Crippen molar-refractivity contribution in [3.63, 3.8) is 0 Å². The maximum Gasteiger partial charge on any atom is 0.338 e. The first-order chi connectivity index (χ1) is 13.5. The summed E-state index contributed by atoms with van der Waals surface area (Å²) in [6, 6.07) is 5.86. The molecule has 28 heavy (non-hydrogen) atoms. The van der Waals surface area contributed by atoms with Crippen LogP contribution in [0.5, 0.6) is 0 Å². The number of ether oxygens (including phenoxy) is 1. The highest BCUT2D eigenvalue weighted by molar-refractivity contribution is 6.22. The van der Waals surface area contributed by atoms with Crippen molar-refractivity contribution in [1.29, 1.82) is 0 Å². The SMILES string of the molecule is CCOC(=O)c1ccc(N2C(=O)C[C@H](NCCN3CCN(C)CC3)C2=O)cc1. The summed E-state index contributed by atoms with van der Waals surface area (Å²) in [6.07, 6.45) is 0.154. The van der Waals surface area contributed by atoms with Crippen molar-refractivity contribution < 1.29 is 19.1 Å². The Balaban J connectivity index is 1.53. The molecule has 2 heterocycles. The predicted octanol–water partition coefficient (Wildman–Crippen LogP) is 0.332. The molecule has 1 aromatic carbocycles. The second-order valence-electron chi connectivity index (χ2n) is 7.19. The van der Waals surface area contributed by atoms with Gasteiger partial charge in [0, 0.05) is 39.3 Å². The van der Waals surface area contributed by atoms with E-state index in [1.807, 2.05) is 0 Å². The zero-order chi connectivity index (χ0) is 20.1. The van der Waals surface area contributed by atoms with Crippen LogP contribution in [0.1, 0.15) is 23.7 Å². The molecule has 3 rings (SSSR count). The number of anilines is 1. The smallest absolute Gasteiger partial charge is 0.338 e. The standard InChI is InChI=1S/C20H28N4O4/c1-3-28-20(27)15-4-6-16(7-5-15)24-18(25)14-17(19(24)26)21-8-9-23-12-10-22(2)11-13-23/h4-7,17,21H,3,8-14H2,1-2H3/t17-/m0/s1. The summed E-state index contributed by atoms with van der Waals surface area (Å²) < 4.78 is 4.95. The number of carbonyl (C=O) groups is 3. The van der Waals surface area contributed by atoms with E-state index in [0.29, 0.717) is 24.4 Å². The number of hydrogen-bond acceptors (Lipinski definition) is 7. The number of esters is 1. The van der Waals surface area contributed by atoms with Crippen molar-refractivity contribution in [2.45, 2.75) is 19.4 Å². The van der Waals surface area contributed by atoms with Crippen LogP contribution < -0.4 is 10.2 Å². The summed E-state index contributed by atoms with van der Waals surface area (Å²) >= 11 is 0. The van der Waals surface area contributed by atoms with Gasteiger partial charge in [0.05, 0.1) is 30.3 Å². The van der Waals surface area contributed by atoms with E-state index in [1.165, 1.54) is 4.90 Å². The minimum absolute atomic E-state index is 0.154. The third kappa shape index (κ3) is 4.76. The van der Waals surface area contributed by atoms with Gasteiger partial charge in [-0.1, -0.05) is 0 Å². The lowest BCUT2D eigenvalue weighted by molar-refractivity contribution is -0.121. The van der Waals surface area contributed by atoms with Gasteiger partial charge in [0.1, 0.15) is 0 Å². The average Bonchev–Trinajstić information content (AvgIpc) is 2.97. The number of piperazine rings is 1. The first-order valence-corrected chi connectivity index (χ1v) is 9.78. The van der Waals surface area contributed by atoms with Gasteiger partial charge in [0.15, 0.2) is 0 Å². The van der Waals surface area contributed by atoms with E-state index in [-0.39, 0.29) is 18.2 Å². The molecule has 0 radical (unpaired) electrons. The van der Waals surface area contributed by atoms with Crippen LogP contribution >= 0.6 is 0 Å². The van der Waals surface area contributed by atoms with Gasteiger partial charge < -0.3 is 15.0 Å². The maximum atomic E-state index is 12.7. The minimum atomic E-state index is -0.496. The van der Waals surface area contributed by atoms with Gasteiger partial charge in [-0.2, -0.15) is 0 Å². The molecule has 2 saturated heterocycles. The van der Waals surface area contributed by atoms with Crippen LogP contribution in [0.4, 0.5) is 5.69 Å². The molecular weight excluding hydrogens is 360 g/mol. The lowest BCUT2D eigenvalue weighted by Crippen LogP contribution is -2.48. The van der Waals surface area contributed by atoms with Gasteiger partial charge in [-0.25, -0.2) is 9.69 Å². The maximum absolute atomic E-state index is 12.7. The fourth-order valence-electron chi connectivity index (χ4n) is 3.49. The quantitative estimate of drug-likeness (QED) is 0.533. The molecule has 152 valence electrons. The monoisotopic (exact) mass is 388 g/mol. The zero-order valence-corrected chi connectivity index (χ0v) is 16.5. The second-order valence-corrected chi connectivity index (χ2v) is 7.19. The molecule has 0 unspecified atom stereocenters. The Bertz CT molecular complexity index is 713. The van der Waals surface area contributed by atoms with Crippen LogP contribution in [0.2, 0.25) is 0 Å². The van der Waals surface area contributed by atoms with E-state index >= 15 is 0 Å². The molecule has 0 aromatic heterocycles. The Morgan fingerprint density at radius 2 is 1.82 bits per heavy atom. The fraction of sp³-hybridized carbons (Fsp3) is 0.550. The number of carbonyl (C=O) groups excluding carboxylic acids is 3. The van der Waals surface area contributed by atoms with E-state index in [2.05, 4.69) is 22.2 Å². The van der Waals surface area contributed by atoms with Crippen LogP contribution in [0.3, 0.4) is 0 Å². The van der Waals surface area contributed by atoms with Crippen molar-refractivity contribution >= 4 is 23.5 Å². The normalized spacial score (nSPS) is 21.4. The number of amides is 2. The molecule has 2 aliphatic heterocycles. The van der Waals surface area contributed by atoms with Gasteiger partial charge in [-0.15, -0.1) is 0 Å². The largest absolute Gasteiger partial charge is 0.462 e. The van der Waals surface area contributed by atoms with Gasteiger partial charge in [-0.05, 0) is 38.2 Å². The van der Waals surface area contributed by atoms with Crippen molar-refractivity contribution in [3.05, 3.63) is 29.8 Å². The summed E-state index contributed by atoms with van der Waals surface area (Å²) in [7, 11) is 2.12.